The van der Waals surface area contributed by atoms with Crippen molar-refractivity contribution in [1.82, 2.24) is 4.98 Å². The molecule has 5 nitrogen and oxygen atoms in total. The van der Waals surface area contributed by atoms with Crippen molar-refractivity contribution in [2.75, 3.05) is 7.11 Å². The van der Waals surface area contributed by atoms with Crippen molar-refractivity contribution in [2.24, 2.45) is 0 Å². The number of oxazole rings is 1. The van der Waals surface area contributed by atoms with E-state index in [0.717, 1.165) is 5.56 Å². The van der Waals surface area contributed by atoms with Crippen LogP contribution in [0.25, 0.3) is 11.3 Å². The summed E-state index contributed by atoms with van der Waals surface area (Å²) in [6, 6.07) is 13.7. The normalized spacial score (nSPS) is 12.0. The van der Waals surface area contributed by atoms with E-state index in [-0.39, 0.29) is 11.5 Å². The van der Waals surface area contributed by atoms with Crippen LogP contribution in [0.2, 0.25) is 0 Å². The van der Waals surface area contributed by atoms with E-state index in [0.29, 0.717) is 22.3 Å². The molecule has 0 amide bonds. The lowest BCUT2D eigenvalue weighted by molar-refractivity contribution is 0.414. The molecule has 1 N–H and O–H groups in total. The molecule has 1 heterocycles. The average molecular weight is 329 g/mol. The Morgan fingerprint density at radius 3 is 2.65 bits per heavy atom. The summed E-state index contributed by atoms with van der Waals surface area (Å²) in [5, 5.41) is 9.27. The van der Waals surface area contributed by atoms with Crippen molar-refractivity contribution in [1.29, 1.82) is 0 Å². The molecule has 3 aromatic rings. The van der Waals surface area contributed by atoms with Crippen LogP contribution in [-0.4, -0.2) is 21.4 Å². The van der Waals surface area contributed by atoms with Crippen LogP contribution in [0.15, 0.2) is 64.0 Å². The predicted molar refractivity (Wildman–Crippen MR) is 86.7 cm³/mol. The van der Waals surface area contributed by atoms with Crippen molar-refractivity contribution in [2.45, 2.75) is 10.6 Å². The molecule has 3 rings (SSSR count). The first kappa shape index (κ1) is 15.3. The number of benzene rings is 2. The van der Waals surface area contributed by atoms with Crippen LogP contribution in [0.3, 0.4) is 0 Å². The summed E-state index contributed by atoms with van der Waals surface area (Å²) >= 11 is 0. The summed E-state index contributed by atoms with van der Waals surface area (Å²) in [4.78, 5) is 4.80. The first-order chi connectivity index (χ1) is 11.2. The molecule has 0 aliphatic rings. The number of hydrogen-bond donors (Lipinski definition) is 1. The highest BCUT2D eigenvalue weighted by Crippen LogP contribution is 2.30. The van der Waals surface area contributed by atoms with Crippen molar-refractivity contribution in [3.8, 4) is 22.8 Å². The highest BCUT2D eigenvalue weighted by atomic mass is 32.2. The second-order valence-corrected chi connectivity index (χ2v) is 6.25. The maximum absolute atomic E-state index is 12.3. The van der Waals surface area contributed by atoms with Crippen LogP contribution < -0.4 is 4.74 Å². The molecular weight excluding hydrogens is 314 g/mol. The molecule has 23 heavy (non-hydrogen) atoms. The van der Waals surface area contributed by atoms with E-state index in [1.807, 2.05) is 24.3 Å². The fourth-order valence-electron chi connectivity index (χ4n) is 2.14. The lowest BCUT2D eigenvalue weighted by Crippen LogP contribution is -1.96. The fraction of sp³-hybridized carbons (Fsp3) is 0.118. The third-order valence-electron chi connectivity index (χ3n) is 3.28. The van der Waals surface area contributed by atoms with Gasteiger partial charge in [0.1, 0.15) is 17.3 Å². The summed E-state index contributed by atoms with van der Waals surface area (Å²) in [7, 11) is 0.302. The number of aromatic nitrogens is 1. The van der Waals surface area contributed by atoms with Gasteiger partial charge < -0.3 is 14.3 Å². The van der Waals surface area contributed by atoms with Crippen LogP contribution >= 0.6 is 0 Å². The predicted octanol–water partition coefficient (Wildman–Crippen LogP) is 3.36. The number of ether oxygens (including phenoxy) is 1. The molecule has 6 heteroatoms. The molecule has 0 unspecified atom stereocenters. The number of phenolic OH excluding ortho intramolecular Hbond substituents is 1. The number of hydrogen-bond acceptors (Lipinski definition) is 5. The fourth-order valence-corrected chi connectivity index (χ4v) is 3.11. The van der Waals surface area contributed by atoms with E-state index in [4.69, 9.17) is 9.15 Å². The molecule has 0 bridgehead atoms. The van der Waals surface area contributed by atoms with Crippen LogP contribution in [0.5, 0.6) is 11.5 Å². The van der Waals surface area contributed by atoms with Gasteiger partial charge in [0.05, 0.1) is 29.7 Å². The Labute approximate surface area is 136 Å². The minimum atomic E-state index is -1.29. The molecule has 0 spiro atoms. The number of rotatable bonds is 5. The largest absolute Gasteiger partial charge is 0.508 e. The quantitative estimate of drug-likeness (QED) is 0.777. The van der Waals surface area contributed by atoms with Gasteiger partial charge in [-0.3, -0.25) is 4.21 Å². The minimum Gasteiger partial charge on any atom is -0.508 e. The Bertz CT molecular complexity index is 827. The van der Waals surface area contributed by atoms with Crippen LogP contribution in [0, 0.1) is 0 Å². The maximum Gasteiger partial charge on any atom is 0.207 e. The van der Waals surface area contributed by atoms with Crippen molar-refractivity contribution in [3.63, 3.8) is 0 Å². The highest BCUT2D eigenvalue weighted by Gasteiger charge is 2.13. The van der Waals surface area contributed by atoms with E-state index in [9.17, 15) is 9.32 Å². The van der Waals surface area contributed by atoms with E-state index in [1.54, 1.807) is 25.4 Å². The Balaban J connectivity index is 1.79. The van der Waals surface area contributed by atoms with Crippen molar-refractivity contribution >= 4 is 10.8 Å². The first-order valence-corrected chi connectivity index (χ1v) is 8.25. The Morgan fingerprint density at radius 1 is 1.17 bits per heavy atom. The van der Waals surface area contributed by atoms with Gasteiger partial charge in [-0.1, -0.05) is 12.1 Å². The van der Waals surface area contributed by atoms with Crippen molar-refractivity contribution < 1.29 is 18.5 Å². The molecule has 1 atom stereocenters. The third kappa shape index (κ3) is 3.43. The van der Waals surface area contributed by atoms with Gasteiger partial charge in [0.15, 0.2) is 5.76 Å². The summed E-state index contributed by atoms with van der Waals surface area (Å²) in [5.74, 6) is 1.95. The molecule has 2 aromatic carbocycles. The standard InChI is InChI=1S/C17H15NO4S/c1-21-15-5-3-2-4-14(15)16-10-18-17(22-16)11-23(20)13-8-6-12(19)7-9-13/h2-10,19H,11H2,1H3/t23-/m0/s1. The lowest BCUT2D eigenvalue weighted by Gasteiger charge is -2.04. The molecule has 0 saturated carbocycles. The second-order valence-electron chi connectivity index (χ2n) is 4.80. The van der Waals surface area contributed by atoms with E-state index >= 15 is 0 Å². The molecular formula is C17H15NO4S. The minimum absolute atomic E-state index is 0.139. The number of nitrogens with zero attached hydrogens (tertiary/aromatic N) is 1. The summed E-state index contributed by atoms with van der Waals surface area (Å²) in [6.45, 7) is 0. The molecule has 0 fully saturated rings. The van der Waals surface area contributed by atoms with Gasteiger partial charge in [-0.2, -0.15) is 0 Å². The van der Waals surface area contributed by atoms with Crippen LogP contribution in [0.4, 0.5) is 0 Å². The van der Waals surface area contributed by atoms with Crippen LogP contribution in [0.1, 0.15) is 5.89 Å². The highest BCUT2D eigenvalue weighted by molar-refractivity contribution is 7.84. The Morgan fingerprint density at radius 2 is 1.91 bits per heavy atom. The van der Waals surface area contributed by atoms with Crippen LogP contribution in [-0.2, 0) is 16.6 Å². The van der Waals surface area contributed by atoms with Gasteiger partial charge in [0.2, 0.25) is 5.89 Å². The molecule has 0 aliphatic heterocycles. The topological polar surface area (TPSA) is 72.6 Å². The Kier molecular flexibility index (Phi) is 4.43. The van der Waals surface area contributed by atoms with Crippen molar-refractivity contribution in [3.05, 3.63) is 60.6 Å². The molecule has 0 saturated heterocycles. The van der Waals surface area contributed by atoms with E-state index in [1.165, 1.54) is 12.1 Å². The maximum atomic E-state index is 12.3. The number of phenols is 1. The number of aromatic hydroxyl groups is 1. The smallest absolute Gasteiger partial charge is 0.207 e. The zero-order valence-corrected chi connectivity index (χ0v) is 13.2. The molecule has 0 aliphatic carbocycles. The molecule has 1 aromatic heterocycles. The van der Waals surface area contributed by atoms with E-state index in [2.05, 4.69) is 4.98 Å². The zero-order chi connectivity index (χ0) is 16.2. The molecule has 0 radical (unpaired) electrons. The summed E-state index contributed by atoms with van der Waals surface area (Å²) in [6.07, 6.45) is 1.60. The van der Waals surface area contributed by atoms with Gasteiger partial charge in [0.25, 0.3) is 0 Å². The number of para-hydroxylation sites is 1. The van der Waals surface area contributed by atoms with E-state index < -0.39 is 10.8 Å². The van der Waals surface area contributed by atoms with Gasteiger partial charge in [-0.25, -0.2) is 4.98 Å². The number of methoxy groups -OCH3 is 1. The van der Waals surface area contributed by atoms with Gasteiger partial charge in [0, 0.05) is 4.90 Å². The van der Waals surface area contributed by atoms with Gasteiger partial charge >= 0.3 is 0 Å². The third-order valence-corrected chi connectivity index (χ3v) is 4.59. The zero-order valence-electron chi connectivity index (χ0n) is 12.4. The second kappa shape index (κ2) is 6.66. The first-order valence-electron chi connectivity index (χ1n) is 6.93. The average Bonchev–Trinajstić information content (AvgIpc) is 3.03. The molecule has 118 valence electrons. The summed E-state index contributed by atoms with van der Waals surface area (Å²) in [5.41, 5.74) is 0.796. The lowest BCUT2D eigenvalue weighted by atomic mass is 10.1. The monoisotopic (exact) mass is 329 g/mol. The van der Waals surface area contributed by atoms with Gasteiger partial charge in [-0.05, 0) is 36.4 Å². The SMILES string of the molecule is COc1ccccc1-c1cnc(C[S@](=O)c2ccc(O)cc2)o1. The summed E-state index contributed by atoms with van der Waals surface area (Å²) < 4.78 is 23.3. The van der Waals surface area contributed by atoms with Gasteiger partial charge in [-0.15, -0.1) is 0 Å². The Hall–Kier alpha value is -2.60.